The van der Waals surface area contributed by atoms with Gasteiger partial charge in [-0.1, -0.05) is 41.4 Å². The molecular weight excluding hydrogens is 705 g/mol. The van der Waals surface area contributed by atoms with Crippen LogP contribution in [0.2, 0.25) is 10.0 Å². The smallest absolute Gasteiger partial charge is 0.328 e. The highest BCUT2D eigenvalue weighted by Crippen LogP contribution is 2.36. The van der Waals surface area contributed by atoms with E-state index in [2.05, 4.69) is 15.6 Å². The van der Waals surface area contributed by atoms with Gasteiger partial charge in [-0.15, -0.1) is 0 Å². The molecule has 258 valence electrons. The molecule has 12 nitrogen and oxygen atoms in total. The number of likely N-dealkylation sites (tertiary alicyclic amines) is 1. The van der Waals surface area contributed by atoms with Gasteiger partial charge in [0.05, 0.1) is 51.8 Å². The first-order valence-corrected chi connectivity index (χ1v) is 17.2. The maximum Gasteiger partial charge on any atom is 0.328 e. The monoisotopic (exact) mass is 734 g/mol. The minimum absolute atomic E-state index is 0.000704. The highest BCUT2D eigenvalue weighted by Gasteiger charge is 2.53. The van der Waals surface area contributed by atoms with Crippen LogP contribution in [0.15, 0.2) is 65.8 Å². The van der Waals surface area contributed by atoms with Crippen molar-refractivity contribution in [3.8, 4) is 6.07 Å². The van der Waals surface area contributed by atoms with E-state index in [9.17, 15) is 36.8 Å². The summed E-state index contributed by atoms with van der Waals surface area (Å²) in [5.41, 5.74) is 1.06. The summed E-state index contributed by atoms with van der Waals surface area (Å²) < 4.78 is 61.2. The zero-order valence-electron chi connectivity index (χ0n) is 25.9. The number of hydrogen-bond acceptors (Lipinski definition) is 9. The standard InChI is InChI=1S/C32H30Cl2F2N6O6S/c1-2-48-31(45)26(11-19-6-8-21(9-7-19)39-30(44)28-24(33)14-38-15-25(28)34)40-29(43)27-12-22(41-17-32(35,36)18-41)16-42(27)49(46,47)23-5-3-4-20(10-23)13-37/h3-10,14-15,22,26-27H,2,11-12,16-18H2,1H3,(H,39,44)(H,40,43)/t22?,26-,27?/m1/s1. The Morgan fingerprint density at radius 2 is 1.80 bits per heavy atom. The van der Waals surface area contributed by atoms with E-state index in [1.807, 2.05) is 6.07 Å². The zero-order valence-corrected chi connectivity index (χ0v) is 28.2. The van der Waals surface area contributed by atoms with Crippen LogP contribution >= 0.6 is 23.2 Å². The van der Waals surface area contributed by atoms with Gasteiger partial charge in [0.15, 0.2) is 0 Å². The Hall–Kier alpha value is -4.20. The van der Waals surface area contributed by atoms with E-state index in [1.54, 1.807) is 31.2 Å². The summed E-state index contributed by atoms with van der Waals surface area (Å²) in [6, 6.07) is 10.2. The number of nitriles is 1. The number of benzene rings is 2. The van der Waals surface area contributed by atoms with Crippen LogP contribution in [0.5, 0.6) is 0 Å². The molecule has 2 unspecified atom stereocenters. The van der Waals surface area contributed by atoms with Crippen molar-refractivity contribution in [2.45, 2.75) is 48.7 Å². The molecule has 0 bridgehead atoms. The molecule has 2 aliphatic rings. The Kier molecular flexibility index (Phi) is 10.9. The molecule has 2 aliphatic heterocycles. The quantitative estimate of drug-likeness (QED) is 0.279. The van der Waals surface area contributed by atoms with Gasteiger partial charge in [-0.25, -0.2) is 22.0 Å². The first-order chi connectivity index (χ1) is 23.2. The Bertz CT molecular complexity index is 1880. The summed E-state index contributed by atoms with van der Waals surface area (Å²) in [4.78, 5) is 44.6. The summed E-state index contributed by atoms with van der Waals surface area (Å²) in [6.45, 7) is 0.188. The second-order valence-corrected chi connectivity index (χ2v) is 14.2. The van der Waals surface area contributed by atoms with Crippen LogP contribution in [-0.4, -0.2) is 90.7 Å². The fourth-order valence-corrected chi connectivity index (χ4v) is 7.92. The second-order valence-electron chi connectivity index (χ2n) is 11.5. The van der Waals surface area contributed by atoms with Crippen molar-refractivity contribution in [1.82, 2.24) is 19.5 Å². The molecule has 2 N–H and O–H groups in total. The SMILES string of the molecule is CCOC(=O)[C@@H](Cc1ccc(NC(=O)c2c(Cl)cncc2Cl)cc1)NC(=O)C1CC(N2CC(F)(F)C2)CN1S(=O)(=O)c1cccc(C#N)c1. The van der Waals surface area contributed by atoms with Gasteiger partial charge in [0, 0.05) is 37.1 Å². The Labute approximate surface area is 291 Å². The number of carbonyl (C=O) groups is 3. The van der Waals surface area contributed by atoms with Gasteiger partial charge in [-0.3, -0.25) is 19.5 Å². The van der Waals surface area contributed by atoms with Crippen LogP contribution in [-0.2, 0) is 30.8 Å². The number of alkyl halides is 2. The lowest BCUT2D eigenvalue weighted by molar-refractivity contribution is -0.148. The lowest BCUT2D eigenvalue weighted by atomic mass is 10.0. The third kappa shape index (κ3) is 8.17. The summed E-state index contributed by atoms with van der Waals surface area (Å²) in [5, 5.41) is 14.7. The molecule has 2 fully saturated rings. The average Bonchev–Trinajstić information content (AvgIpc) is 3.51. The predicted octanol–water partition coefficient (Wildman–Crippen LogP) is 3.89. The van der Waals surface area contributed by atoms with Gasteiger partial charge in [-0.2, -0.15) is 9.57 Å². The van der Waals surface area contributed by atoms with Crippen LogP contribution in [0.25, 0.3) is 0 Å². The number of ether oxygens (including phenoxy) is 1. The number of anilines is 1. The van der Waals surface area contributed by atoms with Crippen molar-refractivity contribution < 1.29 is 36.3 Å². The Balaban J connectivity index is 1.35. The molecule has 2 aromatic carbocycles. The third-order valence-corrected chi connectivity index (χ3v) is 10.6. The summed E-state index contributed by atoms with van der Waals surface area (Å²) >= 11 is 12.1. The van der Waals surface area contributed by atoms with Crippen LogP contribution in [0.3, 0.4) is 0 Å². The van der Waals surface area contributed by atoms with Crippen molar-refractivity contribution >= 4 is 56.7 Å². The maximum atomic E-state index is 13.8. The number of sulfonamides is 1. The van der Waals surface area contributed by atoms with Crippen molar-refractivity contribution in [2.75, 3.05) is 31.6 Å². The number of carbonyl (C=O) groups excluding carboxylic acids is 3. The predicted molar refractivity (Wildman–Crippen MR) is 175 cm³/mol. The van der Waals surface area contributed by atoms with Crippen LogP contribution < -0.4 is 10.6 Å². The van der Waals surface area contributed by atoms with E-state index in [0.29, 0.717) is 11.3 Å². The van der Waals surface area contributed by atoms with E-state index in [-0.39, 0.29) is 52.1 Å². The Morgan fingerprint density at radius 3 is 2.41 bits per heavy atom. The molecule has 49 heavy (non-hydrogen) atoms. The zero-order chi connectivity index (χ0) is 35.5. The van der Waals surface area contributed by atoms with Gasteiger partial charge in [0.25, 0.3) is 11.8 Å². The van der Waals surface area contributed by atoms with E-state index < -0.39 is 64.9 Å². The van der Waals surface area contributed by atoms with Crippen molar-refractivity contribution in [1.29, 1.82) is 5.26 Å². The Morgan fingerprint density at radius 1 is 1.12 bits per heavy atom. The first kappa shape index (κ1) is 36.1. The van der Waals surface area contributed by atoms with Crippen LogP contribution in [0, 0.1) is 11.3 Å². The van der Waals surface area contributed by atoms with E-state index in [0.717, 1.165) is 4.31 Å². The number of amides is 2. The number of esters is 1. The fourth-order valence-electron chi connectivity index (χ4n) is 5.71. The van der Waals surface area contributed by atoms with Crippen molar-refractivity contribution in [2.24, 2.45) is 0 Å². The number of aromatic nitrogens is 1. The normalized spacial score (nSPS) is 19.7. The van der Waals surface area contributed by atoms with E-state index in [4.69, 9.17) is 27.9 Å². The number of halogens is 4. The molecule has 0 radical (unpaired) electrons. The minimum atomic E-state index is -4.37. The number of pyridine rings is 1. The molecular formula is C32H30Cl2F2N6O6S. The summed E-state index contributed by atoms with van der Waals surface area (Å²) in [7, 11) is -4.37. The molecule has 3 aromatic rings. The maximum absolute atomic E-state index is 13.8. The molecule has 2 saturated heterocycles. The van der Waals surface area contributed by atoms with Gasteiger partial charge < -0.3 is 15.4 Å². The van der Waals surface area contributed by atoms with Crippen molar-refractivity contribution in [3.05, 3.63) is 87.7 Å². The van der Waals surface area contributed by atoms with Crippen molar-refractivity contribution in [3.63, 3.8) is 0 Å². The highest BCUT2D eigenvalue weighted by atomic mass is 35.5. The lowest BCUT2D eigenvalue weighted by Gasteiger charge is -2.42. The number of nitrogens with zero attached hydrogens (tertiary/aromatic N) is 4. The summed E-state index contributed by atoms with van der Waals surface area (Å²) in [6.07, 6.45) is 2.40. The molecule has 0 saturated carbocycles. The molecule has 5 rings (SSSR count). The number of hydrogen-bond donors (Lipinski definition) is 2. The molecule has 0 aliphatic carbocycles. The van der Waals surface area contributed by atoms with Gasteiger partial charge in [-0.05, 0) is 49.2 Å². The van der Waals surface area contributed by atoms with E-state index in [1.165, 1.54) is 41.6 Å². The molecule has 0 spiro atoms. The van der Waals surface area contributed by atoms with Gasteiger partial charge in [0.1, 0.15) is 12.1 Å². The molecule has 17 heteroatoms. The highest BCUT2D eigenvalue weighted by molar-refractivity contribution is 7.89. The topological polar surface area (TPSA) is 162 Å². The molecule has 2 amide bonds. The minimum Gasteiger partial charge on any atom is -0.464 e. The molecule has 3 atom stereocenters. The third-order valence-electron chi connectivity index (χ3n) is 8.11. The van der Waals surface area contributed by atoms with Gasteiger partial charge in [0.2, 0.25) is 15.9 Å². The number of nitrogens with one attached hydrogen (secondary N) is 2. The summed E-state index contributed by atoms with van der Waals surface area (Å²) in [5.74, 6) is -5.08. The van der Waals surface area contributed by atoms with Gasteiger partial charge >= 0.3 is 5.97 Å². The molecule has 3 heterocycles. The lowest BCUT2D eigenvalue weighted by Crippen LogP contribution is -2.60. The van der Waals surface area contributed by atoms with Crippen LogP contribution in [0.1, 0.15) is 34.8 Å². The molecule has 1 aromatic heterocycles. The van der Waals surface area contributed by atoms with Crippen LogP contribution in [0.4, 0.5) is 14.5 Å². The second kappa shape index (κ2) is 14.7. The number of rotatable bonds is 11. The van der Waals surface area contributed by atoms with E-state index >= 15 is 0 Å². The fraction of sp³-hybridized carbons (Fsp3) is 0.344. The average molecular weight is 736 g/mol. The first-order valence-electron chi connectivity index (χ1n) is 15.0. The largest absolute Gasteiger partial charge is 0.464 e.